The Bertz CT molecular complexity index is 360. The van der Waals surface area contributed by atoms with Gasteiger partial charge in [-0.2, -0.15) is 0 Å². The molecular weight excluding hydrogens is 169 g/mol. The minimum Gasteiger partial charge on any atom is -0.486 e. The van der Waals surface area contributed by atoms with Crippen molar-refractivity contribution in [2.75, 3.05) is 13.2 Å². The van der Waals surface area contributed by atoms with Gasteiger partial charge in [-0.3, -0.25) is 0 Å². The molecule has 1 aliphatic rings. The van der Waals surface area contributed by atoms with E-state index in [1.54, 1.807) is 6.07 Å². The maximum Gasteiger partial charge on any atom is 0.165 e. The molecule has 0 spiro atoms. The van der Waals surface area contributed by atoms with E-state index in [9.17, 15) is 4.39 Å². The molecular formula is C10H10FNO. The normalized spacial score (nSPS) is 14.5. The summed E-state index contributed by atoms with van der Waals surface area (Å²) in [6.07, 6.45) is 1.88. The Labute approximate surface area is 75.8 Å². The number of benzene rings is 1. The van der Waals surface area contributed by atoms with E-state index in [1.807, 2.05) is 12.1 Å². The first-order chi connectivity index (χ1) is 6.33. The lowest BCUT2D eigenvalue weighted by Crippen LogP contribution is -2.11. The van der Waals surface area contributed by atoms with Crippen LogP contribution in [0.2, 0.25) is 0 Å². The highest BCUT2D eigenvalue weighted by molar-refractivity contribution is 5.73. The Balaban J connectivity index is 2.55. The number of ether oxygens (including phenoxy) is 1. The zero-order valence-corrected chi connectivity index (χ0v) is 7.09. The standard InChI is InChI=1S/C10H10FNO/c11-9-3-1-2-8-7(6-12)4-5-13-10(8)9/h1-4H,5-6,12H2. The van der Waals surface area contributed by atoms with Crippen molar-refractivity contribution >= 4 is 5.57 Å². The van der Waals surface area contributed by atoms with Crippen molar-refractivity contribution in [3.8, 4) is 5.75 Å². The van der Waals surface area contributed by atoms with Gasteiger partial charge in [0.2, 0.25) is 0 Å². The molecule has 0 unspecified atom stereocenters. The molecule has 0 amide bonds. The van der Waals surface area contributed by atoms with Crippen LogP contribution in [-0.2, 0) is 0 Å². The summed E-state index contributed by atoms with van der Waals surface area (Å²) in [5, 5.41) is 0. The zero-order chi connectivity index (χ0) is 9.26. The van der Waals surface area contributed by atoms with Gasteiger partial charge in [0.25, 0.3) is 0 Å². The van der Waals surface area contributed by atoms with E-state index in [2.05, 4.69) is 0 Å². The van der Waals surface area contributed by atoms with Crippen molar-refractivity contribution in [3.05, 3.63) is 35.7 Å². The van der Waals surface area contributed by atoms with E-state index >= 15 is 0 Å². The molecule has 2 nitrogen and oxygen atoms in total. The minimum atomic E-state index is -0.323. The average Bonchev–Trinajstić information content (AvgIpc) is 2.18. The molecule has 0 saturated heterocycles. The molecule has 0 aliphatic carbocycles. The van der Waals surface area contributed by atoms with Gasteiger partial charge in [0.15, 0.2) is 11.6 Å². The van der Waals surface area contributed by atoms with Crippen LogP contribution >= 0.6 is 0 Å². The summed E-state index contributed by atoms with van der Waals surface area (Å²) in [5.41, 5.74) is 7.24. The van der Waals surface area contributed by atoms with Gasteiger partial charge < -0.3 is 10.5 Å². The van der Waals surface area contributed by atoms with E-state index in [4.69, 9.17) is 10.5 Å². The second-order valence-corrected chi connectivity index (χ2v) is 2.86. The Kier molecular flexibility index (Phi) is 2.02. The third-order valence-corrected chi connectivity index (χ3v) is 2.09. The smallest absolute Gasteiger partial charge is 0.165 e. The number of hydrogen-bond acceptors (Lipinski definition) is 2. The van der Waals surface area contributed by atoms with E-state index in [1.165, 1.54) is 6.07 Å². The molecule has 13 heavy (non-hydrogen) atoms. The van der Waals surface area contributed by atoms with Crippen LogP contribution in [0.3, 0.4) is 0 Å². The fourth-order valence-electron chi connectivity index (χ4n) is 1.44. The molecule has 1 aromatic carbocycles. The molecule has 0 radical (unpaired) electrons. The number of hydrogen-bond donors (Lipinski definition) is 1. The fourth-order valence-corrected chi connectivity index (χ4v) is 1.44. The largest absolute Gasteiger partial charge is 0.486 e. The second kappa shape index (κ2) is 3.18. The third-order valence-electron chi connectivity index (χ3n) is 2.09. The van der Waals surface area contributed by atoms with Crippen molar-refractivity contribution in [2.24, 2.45) is 5.73 Å². The Morgan fingerprint density at radius 2 is 2.31 bits per heavy atom. The van der Waals surface area contributed by atoms with Crippen LogP contribution in [0.25, 0.3) is 5.57 Å². The second-order valence-electron chi connectivity index (χ2n) is 2.86. The van der Waals surface area contributed by atoms with Gasteiger partial charge >= 0.3 is 0 Å². The number of halogens is 1. The molecule has 68 valence electrons. The summed E-state index contributed by atoms with van der Waals surface area (Å²) in [6.45, 7) is 0.820. The molecule has 0 fully saturated rings. The van der Waals surface area contributed by atoms with Gasteiger partial charge in [0, 0.05) is 12.1 Å². The van der Waals surface area contributed by atoms with E-state index < -0.39 is 0 Å². The molecule has 1 aliphatic heterocycles. The number of rotatable bonds is 1. The topological polar surface area (TPSA) is 35.2 Å². The first-order valence-corrected chi connectivity index (χ1v) is 4.13. The quantitative estimate of drug-likeness (QED) is 0.710. The molecule has 2 N–H and O–H groups in total. The van der Waals surface area contributed by atoms with Crippen molar-refractivity contribution in [1.29, 1.82) is 0 Å². The van der Waals surface area contributed by atoms with Gasteiger partial charge in [-0.05, 0) is 17.7 Å². The van der Waals surface area contributed by atoms with Crippen molar-refractivity contribution in [3.63, 3.8) is 0 Å². The van der Waals surface area contributed by atoms with Gasteiger partial charge in [-0.25, -0.2) is 4.39 Å². The van der Waals surface area contributed by atoms with E-state index in [0.717, 1.165) is 11.1 Å². The lowest BCUT2D eigenvalue weighted by molar-refractivity contribution is 0.336. The van der Waals surface area contributed by atoms with Crippen molar-refractivity contribution < 1.29 is 9.13 Å². The van der Waals surface area contributed by atoms with Crippen molar-refractivity contribution in [1.82, 2.24) is 0 Å². The zero-order valence-electron chi connectivity index (χ0n) is 7.09. The Hall–Kier alpha value is -1.35. The SMILES string of the molecule is NCC1=CCOc2c(F)cccc21. The highest BCUT2D eigenvalue weighted by Crippen LogP contribution is 2.31. The van der Waals surface area contributed by atoms with E-state index in [0.29, 0.717) is 18.9 Å². The first-order valence-electron chi connectivity index (χ1n) is 4.13. The predicted octanol–water partition coefficient (Wildman–Crippen LogP) is 1.56. The van der Waals surface area contributed by atoms with Gasteiger partial charge in [0.05, 0.1) is 0 Å². The van der Waals surface area contributed by atoms with Crippen LogP contribution in [-0.4, -0.2) is 13.2 Å². The molecule has 1 aromatic rings. The number of fused-ring (bicyclic) bond motifs is 1. The summed E-state index contributed by atoms with van der Waals surface area (Å²) in [7, 11) is 0. The Morgan fingerprint density at radius 3 is 3.08 bits per heavy atom. The summed E-state index contributed by atoms with van der Waals surface area (Å²) in [5.74, 6) is 0.00185. The summed E-state index contributed by atoms with van der Waals surface area (Å²) in [4.78, 5) is 0. The van der Waals surface area contributed by atoms with Crippen LogP contribution in [0.15, 0.2) is 24.3 Å². The fraction of sp³-hybridized carbons (Fsp3) is 0.200. The molecule has 0 atom stereocenters. The maximum atomic E-state index is 13.2. The predicted molar refractivity (Wildman–Crippen MR) is 48.9 cm³/mol. The van der Waals surface area contributed by atoms with E-state index in [-0.39, 0.29) is 5.82 Å². The highest BCUT2D eigenvalue weighted by Gasteiger charge is 2.15. The summed E-state index contributed by atoms with van der Waals surface area (Å²) in [6, 6.07) is 4.86. The summed E-state index contributed by atoms with van der Waals surface area (Å²) < 4.78 is 18.4. The lowest BCUT2D eigenvalue weighted by atomic mass is 10.0. The molecule has 0 aromatic heterocycles. The third kappa shape index (κ3) is 1.31. The summed E-state index contributed by atoms with van der Waals surface area (Å²) >= 11 is 0. The maximum absolute atomic E-state index is 13.2. The van der Waals surface area contributed by atoms with Gasteiger partial charge in [-0.1, -0.05) is 12.1 Å². The van der Waals surface area contributed by atoms with Crippen molar-refractivity contribution in [2.45, 2.75) is 0 Å². The number of nitrogens with two attached hydrogens (primary N) is 1. The average molecular weight is 179 g/mol. The van der Waals surface area contributed by atoms with Crippen LogP contribution in [0.5, 0.6) is 5.75 Å². The van der Waals surface area contributed by atoms with Crippen LogP contribution in [0, 0.1) is 5.82 Å². The van der Waals surface area contributed by atoms with Gasteiger partial charge in [0.1, 0.15) is 6.61 Å². The van der Waals surface area contributed by atoms with Crippen LogP contribution < -0.4 is 10.5 Å². The molecule has 0 saturated carbocycles. The first kappa shape index (κ1) is 8.26. The van der Waals surface area contributed by atoms with Gasteiger partial charge in [-0.15, -0.1) is 0 Å². The Morgan fingerprint density at radius 1 is 1.46 bits per heavy atom. The molecule has 0 bridgehead atoms. The highest BCUT2D eigenvalue weighted by atomic mass is 19.1. The monoisotopic (exact) mass is 179 g/mol. The molecule has 1 heterocycles. The molecule has 3 heteroatoms. The number of para-hydroxylation sites is 1. The van der Waals surface area contributed by atoms with Crippen LogP contribution in [0.1, 0.15) is 5.56 Å². The lowest BCUT2D eigenvalue weighted by Gasteiger charge is -2.17. The van der Waals surface area contributed by atoms with Crippen LogP contribution in [0.4, 0.5) is 4.39 Å². The molecule has 2 rings (SSSR count). The minimum absolute atomic E-state index is 0.323.